The van der Waals surface area contributed by atoms with Crippen molar-refractivity contribution in [3.63, 3.8) is 0 Å². The Kier molecular flexibility index (Phi) is 3.89. The number of aromatic nitrogens is 1. The van der Waals surface area contributed by atoms with Gasteiger partial charge in [-0.3, -0.25) is 9.78 Å². The Hall–Kier alpha value is -2.56. The largest absolute Gasteiger partial charge is 0.399 e. The summed E-state index contributed by atoms with van der Waals surface area (Å²) >= 11 is 0. The van der Waals surface area contributed by atoms with Gasteiger partial charge in [-0.05, 0) is 37.3 Å². The van der Waals surface area contributed by atoms with E-state index < -0.39 is 0 Å². The van der Waals surface area contributed by atoms with Crippen LogP contribution in [0.2, 0.25) is 0 Å². The van der Waals surface area contributed by atoms with Gasteiger partial charge in [0.15, 0.2) is 0 Å². The van der Waals surface area contributed by atoms with Crippen molar-refractivity contribution in [3.8, 4) is 0 Å². The number of rotatable bonds is 3. The third kappa shape index (κ3) is 2.88. The Bertz CT molecular complexity index is 638. The molecule has 0 unspecified atom stereocenters. The van der Waals surface area contributed by atoms with Crippen molar-refractivity contribution < 1.29 is 4.79 Å². The van der Waals surface area contributed by atoms with Crippen molar-refractivity contribution in [3.05, 3.63) is 47.8 Å². The highest BCUT2D eigenvalue weighted by atomic mass is 16.1. The Morgan fingerprint density at radius 2 is 2.05 bits per heavy atom. The minimum Gasteiger partial charge on any atom is -0.399 e. The van der Waals surface area contributed by atoms with Crippen LogP contribution in [0, 0.1) is 6.92 Å². The number of aryl methyl sites for hydroxylation is 1. The highest BCUT2D eigenvalue weighted by molar-refractivity contribution is 6.08. The van der Waals surface area contributed by atoms with Crippen molar-refractivity contribution in [2.75, 3.05) is 30.0 Å². The molecule has 20 heavy (non-hydrogen) atoms. The van der Waals surface area contributed by atoms with Crippen LogP contribution in [0.15, 0.2) is 36.5 Å². The summed E-state index contributed by atoms with van der Waals surface area (Å²) in [4.78, 5) is 18.5. The Morgan fingerprint density at radius 1 is 1.30 bits per heavy atom. The quantitative estimate of drug-likeness (QED) is 0.839. The first-order valence-corrected chi connectivity index (χ1v) is 6.29. The molecule has 1 aromatic carbocycles. The van der Waals surface area contributed by atoms with Gasteiger partial charge in [-0.1, -0.05) is 0 Å². The Morgan fingerprint density at radius 3 is 2.70 bits per heavy atom. The summed E-state index contributed by atoms with van der Waals surface area (Å²) in [6.45, 7) is 1.85. The number of carbonyl (C=O) groups is 1. The summed E-state index contributed by atoms with van der Waals surface area (Å²) in [5.41, 5.74) is 9.17. The molecule has 104 valence electrons. The van der Waals surface area contributed by atoms with Crippen LogP contribution in [-0.4, -0.2) is 25.0 Å². The number of hydrogen-bond donors (Lipinski definition) is 2. The van der Waals surface area contributed by atoms with Crippen LogP contribution < -0.4 is 16.0 Å². The fourth-order valence-corrected chi connectivity index (χ4v) is 1.93. The SMILES string of the molecule is Cc1ncccc1NC(=O)c1cc(N)ccc1N(C)C. The molecule has 2 rings (SSSR count). The highest BCUT2D eigenvalue weighted by Crippen LogP contribution is 2.23. The molecule has 5 nitrogen and oxygen atoms in total. The first kappa shape index (κ1) is 13.9. The van der Waals surface area contributed by atoms with Gasteiger partial charge >= 0.3 is 0 Å². The van der Waals surface area contributed by atoms with E-state index in [1.807, 2.05) is 38.1 Å². The van der Waals surface area contributed by atoms with Crippen LogP contribution in [-0.2, 0) is 0 Å². The average molecular weight is 270 g/mol. The lowest BCUT2D eigenvalue weighted by Gasteiger charge is -2.18. The number of nitrogens with zero attached hydrogens (tertiary/aromatic N) is 2. The zero-order valence-electron chi connectivity index (χ0n) is 11.8. The summed E-state index contributed by atoms with van der Waals surface area (Å²) in [6, 6.07) is 8.90. The third-order valence-corrected chi connectivity index (χ3v) is 3.00. The second-order valence-corrected chi connectivity index (χ2v) is 4.76. The molecule has 5 heteroatoms. The summed E-state index contributed by atoms with van der Waals surface area (Å²) in [5, 5.41) is 2.87. The summed E-state index contributed by atoms with van der Waals surface area (Å²) < 4.78 is 0. The van der Waals surface area contributed by atoms with Gasteiger partial charge in [0.2, 0.25) is 0 Å². The van der Waals surface area contributed by atoms with E-state index in [1.165, 1.54) is 0 Å². The van der Waals surface area contributed by atoms with Gasteiger partial charge in [0, 0.05) is 31.7 Å². The van der Waals surface area contributed by atoms with E-state index >= 15 is 0 Å². The molecule has 0 aliphatic heterocycles. The van der Waals surface area contributed by atoms with Crippen LogP contribution in [0.5, 0.6) is 0 Å². The number of nitrogens with one attached hydrogen (secondary N) is 1. The van der Waals surface area contributed by atoms with Crippen molar-refractivity contribution in [1.82, 2.24) is 4.98 Å². The van der Waals surface area contributed by atoms with Crippen molar-refractivity contribution >= 4 is 23.0 Å². The van der Waals surface area contributed by atoms with Gasteiger partial charge < -0.3 is 16.0 Å². The molecule has 2 aromatic rings. The zero-order valence-corrected chi connectivity index (χ0v) is 11.8. The van der Waals surface area contributed by atoms with Crippen LogP contribution in [0.3, 0.4) is 0 Å². The summed E-state index contributed by atoms with van der Waals surface area (Å²) in [7, 11) is 3.77. The first-order chi connectivity index (χ1) is 9.49. The van der Waals surface area contributed by atoms with Gasteiger partial charge in [0.25, 0.3) is 5.91 Å². The van der Waals surface area contributed by atoms with Crippen LogP contribution >= 0.6 is 0 Å². The molecule has 0 atom stereocenters. The number of nitrogen functional groups attached to an aromatic ring is 1. The van der Waals surface area contributed by atoms with E-state index in [0.717, 1.165) is 11.4 Å². The van der Waals surface area contributed by atoms with E-state index in [4.69, 9.17) is 5.73 Å². The van der Waals surface area contributed by atoms with Crippen molar-refractivity contribution in [1.29, 1.82) is 0 Å². The minimum absolute atomic E-state index is 0.197. The molecule has 0 radical (unpaired) electrons. The fraction of sp³-hybridized carbons (Fsp3) is 0.200. The maximum atomic E-state index is 12.4. The molecular formula is C15H18N4O. The predicted octanol–water partition coefficient (Wildman–Crippen LogP) is 2.29. The normalized spacial score (nSPS) is 10.2. The predicted molar refractivity (Wildman–Crippen MR) is 82.1 cm³/mol. The van der Waals surface area contributed by atoms with E-state index in [-0.39, 0.29) is 5.91 Å². The number of anilines is 3. The monoisotopic (exact) mass is 270 g/mol. The molecule has 0 fully saturated rings. The number of amides is 1. The molecule has 0 aliphatic rings. The van der Waals surface area contributed by atoms with Gasteiger partial charge in [-0.25, -0.2) is 0 Å². The molecular weight excluding hydrogens is 252 g/mol. The second kappa shape index (κ2) is 5.61. The minimum atomic E-state index is -0.197. The number of nitrogens with two attached hydrogens (primary N) is 1. The lowest BCUT2D eigenvalue weighted by Crippen LogP contribution is -2.19. The van der Waals surface area contributed by atoms with E-state index in [2.05, 4.69) is 10.3 Å². The lowest BCUT2D eigenvalue weighted by atomic mass is 10.1. The highest BCUT2D eigenvalue weighted by Gasteiger charge is 2.14. The van der Waals surface area contributed by atoms with Crippen LogP contribution in [0.4, 0.5) is 17.1 Å². The topological polar surface area (TPSA) is 71.2 Å². The standard InChI is InChI=1S/C15H18N4O/c1-10-13(5-4-8-17-10)18-15(20)12-9-11(16)6-7-14(12)19(2)3/h4-9H,16H2,1-3H3,(H,18,20). The number of benzene rings is 1. The van der Waals surface area contributed by atoms with Crippen LogP contribution in [0.1, 0.15) is 16.1 Å². The number of carbonyl (C=O) groups excluding carboxylic acids is 1. The molecule has 3 N–H and O–H groups in total. The van der Waals surface area contributed by atoms with Gasteiger partial charge in [-0.2, -0.15) is 0 Å². The number of pyridine rings is 1. The number of hydrogen-bond acceptors (Lipinski definition) is 4. The molecule has 1 amide bonds. The zero-order chi connectivity index (χ0) is 14.7. The van der Waals surface area contributed by atoms with Gasteiger partial charge in [-0.15, -0.1) is 0 Å². The maximum absolute atomic E-state index is 12.4. The second-order valence-electron chi connectivity index (χ2n) is 4.76. The summed E-state index contributed by atoms with van der Waals surface area (Å²) in [5.74, 6) is -0.197. The van der Waals surface area contributed by atoms with Crippen molar-refractivity contribution in [2.45, 2.75) is 6.92 Å². The fourth-order valence-electron chi connectivity index (χ4n) is 1.93. The van der Waals surface area contributed by atoms with E-state index in [0.29, 0.717) is 16.9 Å². The van der Waals surface area contributed by atoms with Crippen LogP contribution in [0.25, 0.3) is 0 Å². The molecule has 0 saturated heterocycles. The van der Waals surface area contributed by atoms with E-state index in [1.54, 1.807) is 24.4 Å². The van der Waals surface area contributed by atoms with Crippen molar-refractivity contribution in [2.24, 2.45) is 0 Å². The lowest BCUT2D eigenvalue weighted by molar-refractivity contribution is 0.102. The molecule has 0 saturated carbocycles. The summed E-state index contributed by atoms with van der Waals surface area (Å²) in [6.07, 6.45) is 1.69. The molecule has 0 bridgehead atoms. The molecule has 0 spiro atoms. The average Bonchev–Trinajstić information content (AvgIpc) is 2.40. The van der Waals surface area contributed by atoms with E-state index in [9.17, 15) is 4.79 Å². The van der Waals surface area contributed by atoms with Gasteiger partial charge in [0.1, 0.15) is 0 Å². The first-order valence-electron chi connectivity index (χ1n) is 6.29. The Balaban J connectivity index is 2.34. The third-order valence-electron chi connectivity index (χ3n) is 3.00. The molecule has 1 aromatic heterocycles. The maximum Gasteiger partial charge on any atom is 0.257 e. The smallest absolute Gasteiger partial charge is 0.257 e. The molecule has 1 heterocycles. The molecule has 0 aliphatic carbocycles. The Labute approximate surface area is 118 Å². The van der Waals surface area contributed by atoms with Gasteiger partial charge in [0.05, 0.1) is 16.9 Å².